The lowest BCUT2D eigenvalue weighted by atomic mass is 9.79. The number of nitrogens with two attached hydrogens (primary N) is 1. The van der Waals surface area contributed by atoms with Gasteiger partial charge in [-0.25, -0.2) is 0 Å². The smallest absolute Gasteiger partial charge is 0.225 e. The molecule has 5 nitrogen and oxygen atoms in total. The van der Waals surface area contributed by atoms with Gasteiger partial charge in [-0.05, 0) is 43.9 Å². The molecule has 1 atom stereocenters. The van der Waals surface area contributed by atoms with Crippen molar-refractivity contribution in [2.75, 3.05) is 26.9 Å². The zero-order valence-corrected chi connectivity index (χ0v) is 13.6. The van der Waals surface area contributed by atoms with E-state index >= 15 is 0 Å². The minimum Gasteiger partial charge on any atom is -0.496 e. The Labute approximate surface area is 132 Å². The van der Waals surface area contributed by atoms with Crippen molar-refractivity contribution in [2.45, 2.75) is 32.7 Å². The second-order valence-corrected chi connectivity index (χ2v) is 6.09. The fourth-order valence-electron chi connectivity index (χ4n) is 2.91. The number of rotatable bonds is 6. The molecule has 1 saturated heterocycles. The van der Waals surface area contributed by atoms with E-state index in [1.807, 2.05) is 19.1 Å². The number of carbonyl (C=O) groups excluding carboxylic acids is 1. The summed E-state index contributed by atoms with van der Waals surface area (Å²) in [6, 6.07) is 6.27. The van der Waals surface area contributed by atoms with E-state index in [2.05, 4.69) is 18.3 Å². The topological polar surface area (TPSA) is 73.6 Å². The number of carbonyl (C=O) groups is 1. The number of hydrogen-bond donors (Lipinski definition) is 2. The van der Waals surface area contributed by atoms with Gasteiger partial charge in [0.1, 0.15) is 5.75 Å². The van der Waals surface area contributed by atoms with E-state index in [0.717, 1.165) is 11.3 Å². The van der Waals surface area contributed by atoms with E-state index in [1.165, 1.54) is 5.56 Å². The van der Waals surface area contributed by atoms with Crippen LogP contribution >= 0.6 is 0 Å². The Morgan fingerprint density at radius 1 is 1.45 bits per heavy atom. The van der Waals surface area contributed by atoms with E-state index in [0.29, 0.717) is 32.6 Å². The maximum absolute atomic E-state index is 11.9. The molecular formula is C17H26N2O3. The number of hydrogen-bond acceptors (Lipinski definition) is 4. The third kappa shape index (κ3) is 3.59. The summed E-state index contributed by atoms with van der Waals surface area (Å²) in [6.07, 6.45) is 1.37. The van der Waals surface area contributed by atoms with Crippen LogP contribution < -0.4 is 15.8 Å². The van der Waals surface area contributed by atoms with Crippen LogP contribution in [0.4, 0.5) is 0 Å². The molecule has 1 unspecified atom stereocenters. The standard InChI is InChI=1S/C17H26N2O3/c1-12-10-14(4-5-15(12)21-3)13(2)19-11-17(16(18)20)6-8-22-9-7-17/h4-5,10,13,19H,6-9,11H2,1-3H3,(H2,18,20). The number of nitrogens with one attached hydrogen (secondary N) is 1. The van der Waals surface area contributed by atoms with Gasteiger partial charge >= 0.3 is 0 Å². The van der Waals surface area contributed by atoms with Crippen molar-refractivity contribution >= 4 is 5.91 Å². The zero-order valence-electron chi connectivity index (χ0n) is 13.6. The highest BCUT2D eigenvalue weighted by Crippen LogP contribution is 2.30. The van der Waals surface area contributed by atoms with Crippen molar-refractivity contribution < 1.29 is 14.3 Å². The molecule has 0 radical (unpaired) electrons. The molecule has 2 rings (SSSR count). The molecule has 1 aliphatic heterocycles. The monoisotopic (exact) mass is 306 g/mol. The highest BCUT2D eigenvalue weighted by molar-refractivity contribution is 5.81. The second-order valence-electron chi connectivity index (χ2n) is 6.09. The molecule has 1 heterocycles. The maximum Gasteiger partial charge on any atom is 0.225 e. The largest absolute Gasteiger partial charge is 0.496 e. The van der Waals surface area contributed by atoms with Crippen LogP contribution in [-0.4, -0.2) is 32.8 Å². The fraction of sp³-hybridized carbons (Fsp3) is 0.588. The van der Waals surface area contributed by atoms with E-state index in [4.69, 9.17) is 15.2 Å². The quantitative estimate of drug-likeness (QED) is 0.842. The molecule has 0 aliphatic carbocycles. The first-order valence-electron chi connectivity index (χ1n) is 7.74. The van der Waals surface area contributed by atoms with Crippen LogP contribution in [0.2, 0.25) is 0 Å². The summed E-state index contributed by atoms with van der Waals surface area (Å²) < 4.78 is 10.6. The molecule has 1 fully saturated rings. The summed E-state index contributed by atoms with van der Waals surface area (Å²) in [7, 11) is 1.67. The Balaban J connectivity index is 2.03. The summed E-state index contributed by atoms with van der Waals surface area (Å²) >= 11 is 0. The van der Waals surface area contributed by atoms with E-state index in [9.17, 15) is 4.79 Å². The zero-order chi connectivity index (χ0) is 16.2. The Kier molecular flexibility index (Phi) is 5.42. The summed E-state index contributed by atoms with van der Waals surface area (Å²) in [4.78, 5) is 11.9. The second kappa shape index (κ2) is 7.11. The van der Waals surface area contributed by atoms with Gasteiger partial charge in [0.25, 0.3) is 0 Å². The molecule has 0 aromatic heterocycles. The van der Waals surface area contributed by atoms with Crippen LogP contribution in [0.3, 0.4) is 0 Å². The first kappa shape index (κ1) is 16.8. The highest BCUT2D eigenvalue weighted by atomic mass is 16.5. The predicted octanol–water partition coefficient (Wildman–Crippen LogP) is 1.94. The number of ether oxygens (including phenoxy) is 2. The summed E-state index contributed by atoms with van der Waals surface area (Å²) in [5.41, 5.74) is 7.42. The first-order valence-corrected chi connectivity index (χ1v) is 7.74. The van der Waals surface area contributed by atoms with Crippen molar-refractivity contribution in [1.29, 1.82) is 0 Å². The minimum absolute atomic E-state index is 0.142. The first-order chi connectivity index (χ1) is 10.5. The number of primary amides is 1. The lowest BCUT2D eigenvalue weighted by Crippen LogP contribution is -2.48. The molecule has 122 valence electrons. The average Bonchev–Trinajstić information content (AvgIpc) is 2.53. The highest BCUT2D eigenvalue weighted by Gasteiger charge is 2.38. The van der Waals surface area contributed by atoms with Crippen molar-refractivity contribution in [3.8, 4) is 5.75 Å². The normalized spacial score (nSPS) is 18.7. The Bertz CT molecular complexity index is 525. The van der Waals surface area contributed by atoms with Gasteiger partial charge in [0.05, 0.1) is 12.5 Å². The number of methoxy groups -OCH3 is 1. The van der Waals surface area contributed by atoms with Crippen molar-refractivity contribution in [3.05, 3.63) is 29.3 Å². The van der Waals surface area contributed by atoms with Crippen LogP contribution in [0.5, 0.6) is 5.75 Å². The fourth-order valence-corrected chi connectivity index (χ4v) is 2.91. The van der Waals surface area contributed by atoms with E-state index in [-0.39, 0.29) is 11.9 Å². The molecule has 1 amide bonds. The predicted molar refractivity (Wildman–Crippen MR) is 85.8 cm³/mol. The van der Waals surface area contributed by atoms with Crippen LogP contribution in [0.1, 0.15) is 36.9 Å². The van der Waals surface area contributed by atoms with Crippen LogP contribution in [0.15, 0.2) is 18.2 Å². The van der Waals surface area contributed by atoms with Crippen LogP contribution in [-0.2, 0) is 9.53 Å². The van der Waals surface area contributed by atoms with Crippen molar-refractivity contribution in [3.63, 3.8) is 0 Å². The maximum atomic E-state index is 11.9. The molecule has 1 aromatic carbocycles. The molecule has 5 heteroatoms. The lowest BCUT2D eigenvalue weighted by molar-refractivity contribution is -0.133. The molecule has 0 spiro atoms. The molecule has 0 saturated carbocycles. The number of benzene rings is 1. The molecular weight excluding hydrogens is 280 g/mol. The number of amides is 1. The molecule has 3 N–H and O–H groups in total. The Hall–Kier alpha value is -1.59. The van der Waals surface area contributed by atoms with Gasteiger partial charge in [-0.15, -0.1) is 0 Å². The minimum atomic E-state index is -0.492. The van der Waals surface area contributed by atoms with Gasteiger partial charge in [0.2, 0.25) is 5.91 Å². The van der Waals surface area contributed by atoms with Gasteiger partial charge in [0.15, 0.2) is 0 Å². The third-order valence-electron chi connectivity index (χ3n) is 4.64. The van der Waals surface area contributed by atoms with Gasteiger partial charge < -0.3 is 20.5 Å². The molecule has 22 heavy (non-hydrogen) atoms. The SMILES string of the molecule is COc1ccc(C(C)NCC2(C(N)=O)CCOCC2)cc1C. The summed E-state index contributed by atoms with van der Waals surface area (Å²) in [5, 5.41) is 3.46. The molecule has 0 bridgehead atoms. The Morgan fingerprint density at radius 3 is 2.68 bits per heavy atom. The van der Waals surface area contributed by atoms with E-state index < -0.39 is 5.41 Å². The van der Waals surface area contributed by atoms with E-state index in [1.54, 1.807) is 7.11 Å². The van der Waals surface area contributed by atoms with Gasteiger partial charge in [-0.2, -0.15) is 0 Å². The Morgan fingerprint density at radius 2 is 2.14 bits per heavy atom. The van der Waals surface area contributed by atoms with Crippen molar-refractivity contribution in [1.82, 2.24) is 5.32 Å². The summed E-state index contributed by atoms with van der Waals surface area (Å²) in [5.74, 6) is 0.649. The summed E-state index contributed by atoms with van der Waals surface area (Å²) in [6.45, 7) is 5.90. The average molecular weight is 306 g/mol. The van der Waals surface area contributed by atoms with Crippen LogP contribution in [0, 0.1) is 12.3 Å². The molecule has 1 aromatic rings. The van der Waals surface area contributed by atoms with Gasteiger partial charge in [-0.1, -0.05) is 12.1 Å². The van der Waals surface area contributed by atoms with Crippen LogP contribution in [0.25, 0.3) is 0 Å². The van der Waals surface area contributed by atoms with Gasteiger partial charge in [-0.3, -0.25) is 4.79 Å². The number of aryl methyl sites for hydroxylation is 1. The van der Waals surface area contributed by atoms with Crippen molar-refractivity contribution in [2.24, 2.45) is 11.1 Å². The molecule has 1 aliphatic rings. The lowest BCUT2D eigenvalue weighted by Gasteiger charge is -2.35. The van der Waals surface area contributed by atoms with Gasteiger partial charge in [0, 0.05) is 25.8 Å². The third-order valence-corrected chi connectivity index (χ3v) is 4.64.